The van der Waals surface area contributed by atoms with Crippen LogP contribution in [0.1, 0.15) is 12.7 Å². The molecular formula is C9H14N4O2. The Kier molecular flexibility index (Phi) is 3.43. The smallest absolute Gasteiger partial charge is 0.252 e. The second kappa shape index (κ2) is 4.59. The first-order chi connectivity index (χ1) is 7.02. The molecule has 1 aromatic rings. The number of amides is 1. The van der Waals surface area contributed by atoms with Gasteiger partial charge in [-0.25, -0.2) is 4.98 Å². The van der Waals surface area contributed by atoms with Crippen molar-refractivity contribution < 1.29 is 4.79 Å². The van der Waals surface area contributed by atoms with E-state index in [0.29, 0.717) is 11.6 Å². The van der Waals surface area contributed by atoms with Gasteiger partial charge < -0.3 is 15.6 Å². The molecule has 82 valence electrons. The van der Waals surface area contributed by atoms with Crippen molar-refractivity contribution in [3.05, 3.63) is 22.2 Å². The van der Waals surface area contributed by atoms with Crippen LogP contribution in [0.15, 0.2) is 10.9 Å². The van der Waals surface area contributed by atoms with Gasteiger partial charge in [0.05, 0.1) is 0 Å². The number of aromatic amines is 1. The molecule has 0 saturated heterocycles. The highest BCUT2D eigenvalue weighted by molar-refractivity contribution is 5.83. The summed E-state index contributed by atoms with van der Waals surface area (Å²) in [5, 5.41) is 5.33. The van der Waals surface area contributed by atoms with Gasteiger partial charge in [-0.05, 0) is 13.8 Å². The SMILES string of the molecule is CNC(=O)C(C)Nc1cc(=O)[nH]c(C)n1. The first-order valence-corrected chi connectivity index (χ1v) is 4.59. The molecule has 0 bridgehead atoms. The van der Waals surface area contributed by atoms with Crippen molar-refractivity contribution in [2.75, 3.05) is 12.4 Å². The summed E-state index contributed by atoms with van der Waals surface area (Å²) in [5.74, 6) is 0.746. The highest BCUT2D eigenvalue weighted by Gasteiger charge is 2.11. The fourth-order valence-corrected chi connectivity index (χ4v) is 1.16. The Balaban J connectivity index is 2.81. The summed E-state index contributed by atoms with van der Waals surface area (Å²) < 4.78 is 0. The third kappa shape index (κ3) is 3.08. The van der Waals surface area contributed by atoms with E-state index in [9.17, 15) is 9.59 Å². The molecule has 0 spiro atoms. The molecule has 0 aliphatic rings. The maximum atomic E-state index is 11.2. The van der Waals surface area contributed by atoms with E-state index in [0.717, 1.165) is 0 Å². The molecule has 0 aliphatic heterocycles. The summed E-state index contributed by atoms with van der Waals surface area (Å²) >= 11 is 0. The lowest BCUT2D eigenvalue weighted by Gasteiger charge is -2.12. The third-order valence-corrected chi connectivity index (χ3v) is 1.86. The largest absolute Gasteiger partial charge is 0.358 e. The number of anilines is 1. The number of H-pyrrole nitrogens is 1. The maximum Gasteiger partial charge on any atom is 0.252 e. The number of carbonyl (C=O) groups is 1. The molecule has 6 nitrogen and oxygen atoms in total. The Morgan fingerprint density at radius 2 is 2.27 bits per heavy atom. The molecule has 1 heterocycles. The molecule has 0 saturated carbocycles. The standard InChI is InChI=1S/C9H14N4O2/c1-5(9(15)10-3)11-7-4-8(14)13-6(2)12-7/h4-5H,1-3H3,(H,10,15)(H2,11,12,13,14). The van der Waals surface area contributed by atoms with E-state index in [1.165, 1.54) is 6.07 Å². The fourth-order valence-electron chi connectivity index (χ4n) is 1.16. The number of nitrogens with zero attached hydrogens (tertiary/aromatic N) is 1. The van der Waals surface area contributed by atoms with E-state index in [4.69, 9.17) is 0 Å². The first kappa shape index (κ1) is 11.2. The second-order valence-corrected chi connectivity index (χ2v) is 3.20. The minimum atomic E-state index is -0.427. The molecule has 1 atom stereocenters. The van der Waals surface area contributed by atoms with Gasteiger partial charge in [-0.3, -0.25) is 9.59 Å². The summed E-state index contributed by atoms with van der Waals surface area (Å²) in [6, 6.07) is 0.885. The van der Waals surface area contributed by atoms with Crippen LogP contribution in [0.3, 0.4) is 0 Å². The molecule has 1 aromatic heterocycles. The molecular weight excluding hydrogens is 196 g/mol. The number of aryl methyl sites for hydroxylation is 1. The molecule has 0 aromatic carbocycles. The van der Waals surface area contributed by atoms with Gasteiger partial charge in [0, 0.05) is 13.1 Å². The van der Waals surface area contributed by atoms with Crippen molar-refractivity contribution >= 4 is 11.7 Å². The molecule has 15 heavy (non-hydrogen) atoms. The van der Waals surface area contributed by atoms with E-state index in [1.807, 2.05) is 0 Å². The van der Waals surface area contributed by atoms with Gasteiger partial charge in [-0.1, -0.05) is 0 Å². The Bertz CT molecular complexity index is 413. The fraction of sp³-hybridized carbons (Fsp3) is 0.444. The minimum absolute atomic E-state index is 0.158. The van der Waals surface area contributed by atoms with Crippen molar-refractivity contribution in [3.8, 4) is 0 Å². The van der Waals surface area contributed by atoms with E-state index in [1.54, 1.807) is 20.9 Å². The van der Waals surface area contributed by atoms with Gasteiger partial charge in [0.1, 0.15) is 17.7 Å². The zero-order valence-electron chi connectivity index (χ0n) is 8.92. The number of aromatic nitrogens is 2. The van der Waals surface area contributed by atoms with Crippen LogP contribution in [-0.2, 0) is 4.79 Å². The number of rotatable bonds is 3. The van der Waals surface area contributed by atoms with E-state index < -0.39 is 6.04 Å². The topological polar surface area (TPSA) is 86.9 Å². The van der Waals surface area contributed by atoms with Crippen LogP contribution in [0.2, 0.25) is 0 Å². The normalized spacial score (nSPS) is 11.9. The quantitative estimate of drug-likeness (QED) is 0.635. The minimum Gasteiger partial charge on any atom is -0.358 e. The van der Waals surface area contributed by atoms with Crippen LogP contribution in [-0.4, -0.2) is 29.0 Å². The predicted molar refractivity (Wildman–Crippen MR) is 56.7 cm³/mol. The number of hydrogen-bond donors (Lipinski definition) is 3. The average molecular weight is 210 g/mol. The van der Waals surface area contributed by atoms with Crippen LogP contribution >= 0.6 is 0 Å². The number of likely N-dealkylation sites (N-methyl/N-ethyl adjacent to an activating group) is 1. The molecule has 0 fully saturated rings. The Labute approximate surface area is 87.1 Å². The van der Waals surface area contributed by atoms with E-state index in [-0.39, 0.29) is 11.5 Å². The van der Waals surface area contributed by atoms with Gasteiger partial charge in [0.15, 0.2) is 0 Å². The van der Waals surface area contributed by atoms with Gasteiger partial charge in [0.25, 0.3) is 5.56 Å². The monoisotopic (exact) mass is 210 g/mol. The molecule has 1 amide bonds. The average Bonchev–Trinajstić information content (AvgIpc) is 2.14. The van der Waals surface area contributed by atoms with Gasteiger partial charge in [0.2, 0.25) is 5.91 Å². The molecule has 3 N–H and O–H groups in total. The first-order valence-electron chi connectivity index (χ1n) is 4.59. The highest BCUT2D eigenvalue weighted by atomic mass is 16.2. The zero-order chi connectivity index (χ0) is 11.4. The number of hydrogen-bond acceptors (Lipinski definition) is 4. The van der Waals surface area contributed by atoms with Crippen LogP contribution in [0.25, 0.3) is 0 Å². The lowest BCUT2D eigenvalue weighted by molar-refractivity contribution is -0.121. The molecule has 6 heteroatoms. The van der Waals surface area contributed by atoms with Gasteiger partial charge in [-0.15, -0.1) is 0 Å². The second-order valence-electron chi connectivity index (χ2n) is 3.20. The molecule has 1 unspecified atom stereocenters. The summed E-state index contributed by atoms with van der Waals surface area (Å²) in [7, 11) is 1.55. The number of carbonyl (C=O) groups excluding carboxylic acids is 1. The predicted octanol–water partition coefficient (Wildman–Crippen LogP) is -0.375. The summed E-state index contributed by atoms with van der Waals surface area (Å²) in [6.45, 7) is 3.37. The Morgan fingerprint density at radius 1 is 1.60 bits per heavy atom. The van der Waals surface area contributed by atoms with Crippen molar-refractivity contribution in [1.29, 1.82) is 0 Å². The highest BCUT2D eigenvalue weighted by Crippen LogP contribution is 2.00. The molecule has 0 radical (unpaired) electrons. The van der Waals surface area contributed by atoms with Crippen molar-refractivity contribution in [2.45, 2.75) is 19.9 Å². The Morgan fingerprint density at radius 3 is 2.80 bits per heavy atom. The van der Waals surface area contributed by atoms with Gasteiger partial charge >= 0.3 is 0 Å². The number of nitrogens with one attached hydrogen (secondary N) is 3. The molecule has 0 aliphatic carbocycles. The van der Waals surface area contributed by atoms with E-state index >= 15 is 0 Å². The zero-order valence-corrected chi connectivity index (χ0v) is 8.92. The van der Waals surface area contributed by atoms with Crippen LogP contribution in [0, 0.1) is 6.92 Å². The van der Waals surface area contributed by atoms with Gasteiger partial charge in [-0.2, -0.15) is 0 Å². The summed E-state index contributed by atoms with van der Waals surface area (Å²) in [5.41, 5.74) is -0.242. The van der Waals surface area contributed by atoms with Crippen molar-refractivity contribution in [3.63, 3.8) is 0 Å². The lowest BCUT2D eigenvalue weighted by atomic mass is 10.3. The summed E-state index contributed by atoms with van der Waals surface area (Å²) in [6.07, 6.45) is 0. The third-order valence-electron chi connectivity index (χ3n) is 1.86. The Hall–Kier alpha value is -1.85. The van der Waals surface area contributed by atoms with Crippen LogP contribution in [0.5, 0.6) is 0 Å². The van der Waals surface area contributed by atoms with Crippen LogP contribution < -0.4 is 16.2 Å². The summed E-state index contributed by atoms with van der Waals surface area (Å²) in [4.78, 5) is 28.9. The lowest BCUT2D eigenvalue weighted by Crippen LogP contribution is -2.35. The maximum absolute atomic E-state index is 11.2. The molecule has 1 rings (SSSR count). The van der Waals surface area contributed by atoms with Crippen molar-refractivity contribution in [2.24, 2.45) is 0 Å². The van der Waals surface area contributed by atoms with Crippen molar-refractivity contribution in [1.82, 2.24) is 15.3 Å². The van der Waals surface area contributed by atoms with Crippen LogP contribution in [0.4, 0.5) is 5.82 Å². The van der Waals surface area contributed by atoms with E-state index in [2.05, 4.69) is 20.6 Å².